The molecule has 112 valence electrons. The molecule has 1 aromatic carbocycles. The van der Waals surface area contributed by atoms with Gasteiger partial charge in [0.2, 0.25) is 0 Å². The van der Waals surface area contributed by atoms with Gasteiger partial charge in [-0.05, 0) is 48.8 Å². The Morgan fingerprint density at radius 1 is 1.25 bits per heavy atom. The van der Waals surface area contributed by atoms with E-state index in [9.17, 15) is 0 Å². The number of aliphatic hydroxyl groups is 1. The number of rotatable bonds is 8. The molecule has 0 heterocycles. The van der Waals surface area contributed by atoms with E-state index in [1.165, 1.54) is 5.56 Å². The van der Waals surface area contributed by atoms with Crippen molar-refractivity contribution in [2.45, 2.75) is 46.0 Å². The molecular weight excluding hydrogens is 248 g/mol. The van der Waals surface area contributed by atoms with E-state index in [4.69, 9.17) is 9.84 Å². The van der Waals surface area contributed by atoms with E-state index in [0.717, 1.165) is 30.6 Å². The minimum Gasteiger partial charge on any atom is -0.496 e. The highest BCUT2D eigenvalue weighted by Crippen LogP contribution is 2.25. The summed E-state index contributed by atoms with van der Waals surface area (Å²) in [6, 6.07) is 6.38. The topological polar surface area (TPSA) is 29.5 Å². The summed E-state index contributed by atoms with van der Waals surface area (Å²) < 4.78 is 5.41. The first kappa shape index (κ1) is 16.8. The van der Waals surface area contributed by atoms with Gasteiger partial charge in [-0.2, -0.15) is 0 Å². The van der Waals surface area contributed by atoms with Gasteiger partial charge in [-0.3, -0.25) is 0 Å². The Kier molecular flexibility index (Phi) is 7.38. The van der Waals surface area contributed by atoms with E-state index in [1.54, 1.807) is 7.11 Å². The minimum absolute atomic E-state index is 0.286. The molecule has 1 aromatic rings. The van der Waals surface area contributed by atoms with Crippen molar-refractivity contribution in [1.29, 1.82) is 0 Å². The maximum Gasteiger partial charge on any atom is 0.126 e. The van der Waals surface area contributed by atoms with Crippen LogP contribution >= 0.6 is 0 Å². The number of methoxy groups -OCH3 is 1. The highest BCUT2D eigenvalue weighted by atomic mass is 16.5. The van der Waals surface area contributed by atoms with Crippen molar-refractivity contribution in [3.05, 3.63) is 35.4 Å². The molecule has 0 saturated carbocycles. The molecule has 0 amide bonds. The Bertz CT molecular complexity index is 421. The van der Waals surface area contributed by atoms with E-state index in [-0.39, 0.29) is 6.61 Å². The summed E-state index contributed by atoms with van der Waals surface area (Å²) in [6.07, 6.45) is 7.58. The normalized spacial score (nSPS) is 13.1. The summed E-state index contributed by atoms with van der Waals surface area (Å²) in [4.78, 5) is 0. The van der Waals surface area contributed by atoms with Gasteiger partial charge in [-0.15, -0.1) is 0 Å². The third-order valence-corrected chi connectivity index (χ3v) is 3.60. The molecule has 0 saturated heterocycles. The average molecular weight is 276 g/mol. The summed E-state index contributed by atoms with van der Waals surface area (Å²) in [7, 11) is 1.71. The molecule has 0 aliphatic carbocycles. The first-order chi connectivity index (χ1) is 9.58. The van der Waals surface area contributed by atoms with E-state index in [2.05, 4.69) is 45.1 Å². The van der Waals surface area contributed by atoms with E-state index < -0.39 is 0 Å². The molecule has 0 unspecified atom stereocenters. The molecular formula is C18H28O2. The molecule has 20 heavy (non-hydrogen) atoms. The Labute approximate surface area is 123 Å². The van der Waals surface area contributed by atoms with Crippen LogP contribution in [0.5, 0.6) is 5.75 Å². The molecule has 1 atom stereocenters. The van der Waals surface area contributed by atoms with Gasteiger partial charge in [0.05, 0.1) is 7.11 Å². The lowest BCUT2D eigenvalue weighted by Crippen LogP contribution is -1.99. The number of hydrogen-bond acceptors (Lipinski definition) is 2. The van der Waals surface area contributed by atoms with Crippen LogP contribution in [0.3, 0.4) is 0 Å². The number of benzene rings is 1. The summed E-state index contributed by atoms with van der Waals surface area (Å²) in [5.74, 6) is 1.86. The predicted octanol–water partition coefficient (Wildman–Crippen LogP) is 4.63. The van der Waals surface area contributed by atoms with Crippen molar-refractivity contribution in [2.24, 2.45) is 5.92 Å². The van der Waals surface area contributed by atoms with Gasteiger partial charge in [-0.25, -0.2) is 0 Å². The van der Waals surface area contributed by atoms with Gasteiger partial charge < -0.3 is 9.84 Å². The fraction of sp³-hybridized carbons (Fsp3) is 0.556. The first-order valence-corrected chi connectivity index (χ1v) is 7.53. The van der Waals surface area contributed by atoms with Crippen molar-refractivity contribution in [2.75, 3.05) is 13.7 Å². The van der Waals surface area contributed by atoms with Crippen molar-refractivity contribution in [3.8, 4) is 5.75 Å². The van der Waals surface area contributed by atoms with Crippen molar-refractivity contribution < 1.29 is 9.84 Å². The standard InChI is InChI=1S/C18H28O2/c1-14(2)16-10-11-18(20-4)17(12-16)9-7-5-6-8-15(3)13-19/h7,9-12,14-15,19H,5-6,8,13H2,1-4H3/t15-/m0/s1. The van der Waals surface area contributed by atoms with Crippen LogP contribution in [-0.4, -0.2) is 18.8 Å². The summed E-state index contributed by atoms with van der Waals surface area (Å²) >= 11 is 0. The van der Waals surface area contributed by atoms with E-state index in [1.807, 2.05) is 6.07 Å². The Hall–Kier alpha value is -1.28. The van der Waals surface area contributed by atoms with Crippen LogP contribution in [0.1, 0.15) is 57.1 Å². The number of aliphatic hydroxyl groups excluding tert-OH is 1. The number of allylic oxidation sites excluding steroid dienone is 1. The third-order valence-electron chi connectivity index (χ3n) is 3.60. The number of hydrogen-bond donors (Lipinski definition) is 1. The summed E-state index contributed by atoms with van der Waals surface area (Å²) in [5, 5.41) is 8.99. The molecule has 0 fully saturated rings. The average Bonchev–Trinajstić information content (AvgIpc) is 2.46. The van der Waals surface area contributed by atoms with Crippen LogP contribution in [0.25, 0.3) is 6.08 Å². The number of ether oxygens (including phenoxy) is 1. The molecule has 0 aliphatic rings. The number of unbranched alkanes of at least 4 members (excludes halogenated alkanes) is 1. The second-order valence-electron chi connectivity index (χ2n) is 5.78. The maximum absolute atomic E-state index is 8.99. The molecule has 2 nitrogen and oxygen atoms in total. The van der Waals surface area contributed by atoms with Gasteiger partial charge in [0.25, 0.3) is 0 Å². The lowest BCUT2D eigenvalue weighted by molar-refractivity contribution is 0.228. The lowest BCUT2D eigenvalue weighted by Gasteiger charge is -2.10. The third kappa shape index (κ3) is 5.38. The zero-order valence-corrected chi connectivity index (χ0v) is 13.2. The quantitative estimate of drug-likeness (QED) is 0.701. The van der Waals surface area contributed by atoms with Crippen molar-refractivity contribution >= 4 is 6.08 Å². The van der Waals surface area contributed by atoms with Gasteiger partial charge in [0, 0.05) is 12.2 Å². The van der Waals surface area contributed by atoms with Gasteiger partial charge in [0.1, 0.15) is 5.75 Å². The molecule has 0 radical (unpaired) electrons. The smallest absolute Gasteiger partial charge is 0.126 e. The molecule has 1 N–H and O–H groups in total. The van der Waals surface area contributed by atoms with Crippen molar-refractivity contribution in [3.63, 3.8) is 0 Å². The Balaban J connectivity index is 2.62. The van der Waals surface area contributed by atoms with Crippen LogP contribution in [0.4, 0.5) is 0 Å². The van der Waals surface area contributed by atoms with Gasteiger partial charge >= 0.3 is 0 Å². The largest absolute Gasteiger partial charge is 0.496 e. The molecule has 0 aliphatic heterocycles. The molecule has 2 heteroatoms. The molecule has 1 rings (SSSR count). The Morgan fingerprint density at radius 3 is 2.60 bits per heavy atom. The second-order valence-corrected chi connectivity index (χ2v) is 5.78. The van der Waals surface area contributed by atoms with E-state index >= 15 is 0 Å². The summed E-state index contributed by atoms with van der Waals surface area (Å²) in [5.41, 5.74) is 2.48. The lowest BCUT2D eigenvalue weighted by atomic mass is 9.99. The predicted molar refractivity (Wildman–Crippen MR) is 86.2 cm³/mol. The van der Waals surface area contributed by atoms with Gasteiger partial charge in [-0.1, -0.05) is 39.0 Å². The molecule has 0 bridgehead atoms. The highest BCUT2D eigenvalue weighted by molar-refractivity contribution is 5.58. The first-order valence-electron chi connectivity index (χ1n) is 7.53. The SMILES string of the molecule is COc1ccc(C(C)C)cc1C=CCCC[C@H](C)CO. The highest BCUT2D eigenvalue weighted by Gasteiger charge is 2.04. The van der Waals surface area contributed by atoms with E-state index in [0.29, 0.717) is 11.8 Å². The Morgan fingerprint density at radius 2 is 2.00 bits per heavy atom. The fourth-order valence-electron chi connectivity index (χ4n) is 2.13. The van der Waals surface area contributed by atoms with Crippen LogP contribution < -0.4 is 4.74 Å². The van der Waals surface area contributed by atoms with Crippen LogP contribution in [-0.2, 0) is 0 Å². The molecule has 0 aromatic heterocycles. The zero-order valence-electron chi connectivity index (χ0n) is 13.2. The zero-order chi connectivity index (χ0) is 15.0. The second kappa shape index (κ2) is 8.80. The van der Waals surface area contributed by atoms with Crippen molar-refractivity contribution in [1.82, 2.24) is 0 Å². The monoisotopic (exact) mass is 276 g/mol. The molecule has 0 spiro atoms. The van der Waals surface area contributed by atoms with Crippen LogP contribution in [0.2, 0.25) is 0 Å². The van der Waals surface area contributed by atoms with Crippen LogP contribution in [0.15, 0.2) is 24.3 Å². The summed E-state index contributed by atoms with van der Waals surface area (Å²) in [6.45, 7) is 6.77. The maximum atomic E-state index is 8.99. The van der Waals surface area contributed by atoms with Gasteiger partial charge in [0.15, 0.2) is 0 Å². The fourth-order valence-corrected chi connectivity index (χ4v) is 2.13. The van der Waals surface area contributed by atoms with Crippen LogP contribution in [0, 0.1) is 5.92 Å². The minimum atomic E-state index is 0.286.